The zero-order valence-electron chi connectivity index (χ0n) is 16.2. The van der Waals surface area contributed by atoms with E-state index in [1.165, 1.54) is 4.57 Å². The molecule has 2 aromatic heterocycles. The maximum atomic E-state index is 12.7. The number of carbonyl (C=O) groups is 1. The Kier molecular flexibility index (Phi) is 6.34. The maximum absolute atomic E-state index is 12.7. The van der Waals surface area contributed by atoms with E-state index in [0.717, 1.165) is 12.8 Å². The first-order valence-electron chi connectivity index (χ1n) is 9.22. The fourth-order valence-corrected chi connectivity index (χ4v) is 2.87. The molecule has 0 saturated heterocycles. The van der Waals surface area contributed by atoms with Crippen LogP contribution in [0.15, 0.2) is 15.7 Å². The minimum Gasteiger partial charge on any atom is -0.352 e. The fourth-order valence-electron chi connectivity index (χ4n) is 2.87. The van der Waals surface area contributed by atoms with E-state index in [1.54, 1.807) is 13.0 Å². The van der Waals surface area contributed by atoms with Gasteiger partial charge >= 0.3 is 5.69 Å². The van der Waals surface area contributed by atoms with Crippen LogP contribution in [0.5, 0.6) is 0 Å². The van der Waals surface area contributed by atoms with Gasteiger partial charge in [0, 0.05) is 18.8 Å². The third-order valence-corrected chi connectivity index (χ3v) is 4.36. The van der Waals surface area contributed by atoms with Gasteiger partial charge in [-0.3, -0.25) is 19.1 Å². The second kappa shape index (κ2) is 8.29. The number of nitrogens with one attached hydrogen (secondary N) is 2. The minimum absolute atomic E-state index is 0.0617. The van der Waals surface area contributed by atoms with Gasteiger partial charge in [0.1, 0.15) is 0 Å². The van der Waals surface area contributed by atoms with Gasteiger partial charge in [-0.1, -0.05) is 27.7 Å². The normalized spacial score (nSPS) is 11.5. The molecule has 142 valence electrons. The lowest BCUT2D eigenvalue weighted by Crippen LogP contribution is -2.33. The average molecular weight is 360 g/mol. The molecule has 7 nitrogen and oxygen atoms in total. The molecule has 7 heteroatoms. The van der Waals surface area contributed by atoms with Crippen molar-refractivity contribution in [2.45, 2.75) is 59.9 Å². The fraction of sp³-hybridized carbons (Fsp3) is 0.579. The summed E-state index contributed by atoms with van der Waals surface area (Å²) in [7, 11) is 0. The lowest BCUT2D eigenvalue weighted by Gasteiger charge is -2.14. The smallest absolute Gasteiger partial charge is 0.329 e. The van der Waals surface area contributed by atoms with E-state index < -0.39 is 11.2 Å². The van der Waals surface area contributed by atoms with E-state index in [2.05, 4.69) is 29.1 Å². The number of fused-ring (bicyclic) bond motifs is 1. The van der Waals surface area contributed by atoms with Crippen molar-refractivity contribution in [1.82, 2.24) is 19.9 Å². The quantitative estimate of drug-likeness (QED) is 0.741. The Labute approximate surface area is 152 Å². The number of pyridine rings is 1. The van der Waals surface area contributed by atoms with Crippen LogP contribution in [0.4, 0.5) is 0 Å². The Morgan fingerprint density at radius 1 is 1.27 bits per heavy atom. The molecular weight excluding hydrogens is 332 g/mol. The van der Waals surface area contributed by atoms with E-state index in [1.807, 2.05) is 13.8 Å². The summed E-state index contributed by atoms with van der Waals surface area (Å²) >= 11 is 0. The van der Waals surface area contributed by atoms with Gasteiger partial charge in [-0.25, -0.2) is 9.78 Å². The summed E-state index contributed by atoms with van der Waals surface area (Å²) in [5.74, 6) is 0.324. The molecule has 0 spiro atoms. The molecule has 0 saturated carbocycles. The van der Waals surface area contributed by atoms with Gasteiger partial charge in [-0.15, -0.1) is 0 Å². The Bertz CT molecular complexity index is 909. The van der Waals surface area contributed by atoms with Gasteiger partial charge < -0.3 is 5.32 Å². The minimum atomic E-state index is -0.579. The van der Waals surface area contributed by atoms with E-state index in [0.29, 0.717) is 24.7 Å². The van der Waals surface area contributed by atoms with Crippen molar-refractivity contribution in [3.05, 3.63) is 38.2 Å². The summed E-state index contributed by atoms with van der Waals surface area (Å²) in [6.45, 7) is 10.9. The summed E-state index contributed by atoms with van der Waals surface area (Å²) in [4.78, 5) is 44.0. The van der Waals surface area contributed by atoms with Gasteiger partial charge in [0.15, 0.2) is 5.65 Å². The van der Waals surface area contributed by atoms with Crippen molar-refractivity contribution in [3.63, 3.8) is 0 Å². The molecule has 0 bridgehead atoms. The van der Waals surface area contributed by atoms with Crippen molar-refractivity contribution in [2.75, 3.05) is 6.54 Å². The molecule has 26 heavy (non-hydrogen) atoms. The van der Waals surface area contributed by atoms with Crippen molar-refractivity contribution in [2.24, 2.45) is 5.92 Å². The zero-order chi connectivity index (χ0) is 19.4. The molecule has 2 N–H and O–H groups in total. The molecule has 0 aromatic carbocycles. The molecule has 0 aliphatic heterocycles. The molecule has 0 aliphatic rings. The first kappa shape index (κ1) is 19.9. The molecule has 0 unspecified atom stereocenters. The summed E-state index contributed by atoms with van der Waals surface area (Å²) < 4.78 is 1.39. The predicted molar refractivity (Wildman–Crippen MR) is 103 cm³/mol. The summed E-state index contributed by atoms with van der Waals surface area (Å²) in [5.41, 5.74) is 0.120. The average Bonchev–Trinajstić information content (AvgIpc) is 2.57. The molecule has 2 aromatic rings. The molecule has 0 fully saturated rings. The van der Waals surface area contributed by atoms with E-state index in [4.69, 9.17) is 0 Å². The van der Waals surface area contributed by atoms with Gasteiger partial charge in [0.05, 0.1) is 10.9 Å². The van der Waals surface area contributed by atoms with Crippen LogP contribution in [0.3, 0.4) is 0 Å². The highest BCUT2D eigenvalue weighted by Gasteiger charge is 2.19. The molecule has 0 atom stereocenters. The molecule has 0 radical (unpaired) electrons. The molecular formula is C19H28N4O3. The number of aromatic amines is 1. The van der Waals surface area contributed by atoms with E-state index in [-0.39, 0.29) is 28.4 Å². The Morgan fingerprint density at radius 2 is 1.96 bits per heavy atom. The van der Waals surface area contributed by atoms with Crippen LogP contribution in [0.1, 0.15) is 69.4 Å². The Hall–Kier alpha value is -2.44. The van der Waals surface area contributed by atoms with Crippen LogP contribution in [-0.4, -0.2) is 27.0 Å². The molecule has 2 rings (SSSR count). The van der Waals surface area contributed by atoms with E-state index in [9.17, 15) is 14.4 Å². The lowest BCUT2D eigenvalue weighted by molar-refractivity contribution is 0.0954. The summed E-state index contributed by atoms with van der Waals surface area (Å²) in [6.07, 6.45) is 1.89. The second-order valence-corrected chi connectivity index (χ2v) is 7.24. The van der Waals surface area contributed by atoms with Crippen LogP contribution >= 0.6 is 0 Å². The highest BCUT2D eigenvalue weighted by atomic mass is 16.2. The number of aromatic nitrogens is 3. The monoisotopic (exact) mass is 360 g/mol. The first-order chi connectivity index (χ1) is 12.3. The first-order valence-corrected chi connectivity index (χ1v) is 9.22. The van der Waals surface area contributed by atoms with Gasteiger partial charge in [0.2, 0.25) is 0 Å². The topological polar surface area (TPSA) is 96.9 Å². The highest BCUT2D eigenvalue weighted by Crippen LogP contribution is 2.19. The van der Waals surface area contributed by atoms with Crippen LogP contribution in [0.25, 0.3) is 11.0 Å². The Balaban J connectivity index is 2.55. The number of hydrogen-bond donors (Lipinski definition) is 2. The van der Waals surface area contributed by atoms with E-state index >= 15 is 0 Å². The van der Waals surface area contributed by atoms with Crippen LogP contribution < -0.4 is 16.6 Å². The van der Waals surface area contributed by atoms with Crippen LogP contribution in [-0.2, 0) is 6.54 Å². The largest absolute Gasteiger partial charge is 0.352 e. The van der Waals surface area contributed by atoms with Crippen molar-refractivity contribution in [1.29, 1.82) is 0 Å². The van der Waals surface area contributed by atoms with Gasteiger partial charge in [0.25, 0.3) is 11.5 Å². The number of aryl methyl sites for hydroxylation is 1. The van der Waals surface area contributed by atoms with Crippen molar-refractivity contribution < 1.29 is 4.79 Å². The molecule has 0 aliphatic carbocycles. The lowest BCUT2D eigenvalue weighted by atomic mass is 10.0. The van der Waals surface area contributed by atoms with Crippen LogP contribution in [0.2, 0.25) is 0 Å². The standard InChI is InChI=1S/C19H28N4O3/c1-6-23-16-15(18(25)22-19(23)26)13(10-14(21-16)12(4)5)17(24)20-9-7-8-11(2)3/h10-12H,6-9H2,1-5H3,(H,20,24)(H,22,25,26). The van der Waals surface area contributed by atoms with Gasteiger partial charge in [-0.2, -0.15) is 0 Å². The number of rotatable bonds is 7. The third-order valence-electron chi connectivity index (χ3n) is 4.36. The van der Waals surface area contributed by atoms with Crippen LogP contribution in [0, 0.1) is 5.92 Å². The SMILES string of the molecule is CCn1c(=O)[nH]c(=O)c2c(C(=O)NCCCC(C)C)cc(C(C)C)nc21. The van der Waals surface area contributed by atoms with Gasteiger partial charge in [-0.05, 0) is 37.7 Å². The number of nitrogens with zero attached hydrogens (tertiary/aromatic N) is 2. The Morgan fingerprint density at radius 3 is 2.54 bits per heavy atom. The number of carbonyl (C=O) groups excluding carboxylic acids is 1. The number of hydrogen-bond acceptors (Lipinski definition) is 4. The van der Waals surface area contributed by atoms with Crippen molar-refractivity contribution >= 4 is 16.9 Å². The third kappa shape index (κ3) is 4.20. The maximum Gasteiger partial charge on any atom is 0.329 e. The highest BCUT2D eigenvalue weighted by molar-refractivity contribution is 6.05. The summed E-state index contributed by atoms with van der Waals surface area (Å²) in [6, 6.07) is 1.66. The number of H-pyrrole nitrogens is 1. The zero-order valence-corrected chi connectivity index (χ0v) is 16.2. The predicted octanol–water partition coefficient (Wildman–Crippen LogP) is 2.39. The molecule has 2 heterocycles. The number of amides is 1. The molecule has 1 amide bonds. The second-order valence-electron chi connectivity index (χ2n) is 7.24. The summed E-state index contributed by atoms with van der Waals surface area (Å²) in [5, 5.41) is 3.05. The van der Waals surface area contributed by atoms with Crippen molar-refractivity contribution in [3.8, 4) is 0 Å².